The topological polar surface area (TPSA) is 95.4 Å². The Balaban J connectivity index is 2.94. The Morgan fingerprint density at radius 1 is 1.39 bits per heavy atom. The zero-order chi connectivity index (χ0) is 13.9. The lowest BCUT2D eigenvalue weighted by Crippen LogP contribution is -2.32. The minimum Gasteiger partial charge on any atom is -0.449 e. The highest BCUT2D eigenvalue weighted by Gasteiger charge is 2.20. The fraction of sp³-hybridized carbons (Fsp3) is 0.273. The Labute approximate surface area is 114 Å². The lowest BCUT2D eigenvalue weighted by atomic mass is 10.2. The summed E-state index contributed by atoms with van der Waals surface area (Å²) in [6.07, 6.45) is -0.689. The van der Waals surface area contributed by atoms with Crippen LogP contribution >= 0.6 is 23.2 Å². The molecule has 0 saturated carbocycles. The van der Waals surface area contributed by atoms with Crippen molar-refractivity contribution in [3.8, 4) is 0 Å². The van der Waals surface area contributed by atoms with Crippen LogP contribution in [0.4, 0.5) is 5.69 Å². The molecule has 4 N–H and O–H groups in total. The van der Waals surface area contributed by atoms with Gasteiger partial charge in [-0.2, -0.15) is 0 Å². The molecule has 1 aromatic carbocycles. The second-order valence-corrected chi connectivity index (χ2v) is 4.35. The number of ether oxygens (including phenoxy) is 1. The number of carbonyl (C=O) groups is 2. The van der Waals surface area contributed by atoms with Gasteiger partial charge in [-0.05, 0) is 18.6 Å². The van der Waals surface area contributed by atoms with E-state index in [4.69, 9.17) is 39.4 Å². The van der Waals surface area contributed by atoms with Crippen molar-refractivity contribution in [2.75, 3.05) is 5.73 Å². The Kier molecular flexibility index (Phi) is 4.81. The summed E-state index contributed by atoms with van der Waals surface area (Å²) in [6, 6.07) is 2.64. The number of nitrogen functional groups attached to an aromatic ring is 1. The number of carbonyl (C=O) groups excluding carboxylic acids is 2. The minimum atomic E-state index is -0.979. The average Bonchev–Trinajstić information content (AvgIpc) is 2.31. The van der Waals surface area contributed by atoms with Crippen molar-refractivity contribution in [3.63, 3.8) is 0 Å². The summed E-state index contributed by atoms with van der Waals surface area (Å²) in [6.45, 7) is 1.67. The molecule has 1 rings (SSSR count). The summed E-state index contributed by atoms with van der Waals surface area (Å²) in [5.41, 5.74) is 10.9. The predicted octanol–water partition coefficient (Wildman–Crippen LogP) is 2.00. The molecule has 0 aliphatic heterocycles. The Hall–Kier alpha value is -1.46. The Bertz CT molecular complexity index is 468. The van der Waals surface area contributed by atoms with Gasteiger partial charge in [-0.1, -0.05) is 30.1 Å². The van der Waals surface area contributed by atoms with E-state index in [1.807, 2.05) is 0 Å². The summed E-state index contributed by atoms with van der Waals surface area (Å²) >= 11 is 11.5. The summed E-state index contributed by atoms with van der Waals surface area (Å²) in [5, 5.41) is 0.297. The van der Waals surface area contributed by atoms with E-state index >= 15 is 0 Å². The molecule has 0 bridgehead atoms. The summed E-state index contributed by atoms with van der Waals surface area (Å²) in [4.78, 5) is 22.7. The molecule has 98 valence electrons. The van der Waals surface area contributed by atoms with Gasteiger partial charge < -0.3 is 16.2 Å². The molecule has 0 aliphatic carbocycles. The molecule has 0 spiro atoms. The van der Waals surface area contributed by atoms with E-state index in [1.165, 1.54) is 12.1 Å². The van der Waals surface area contributed by atoms with Gasteiger partial charge in [0.1, 0.15) is 0 Å². The molecular weight excluding hydrogens is 279 g/mol. The number of halogens is 2. The van der Waals surface area contributed by atoms with Crippen LogP contribution in [0.25, 0.3) is 0 Å². The van der Waals surface area contributed by atoms with Crippen molar-refractivity contribution in [3.05, 3.63) is 27.7 Å². The number of amides is 1. The molecule has 0 radical (unpaired) electrons. The van der Waals surface area contributed by atoms with Gasteiger partial charge in [0.25, 0.3) is 5.91 Å². The van der Waals surface area contributed by atoms with Crippen LogP contribution in [0, 0.1) is 0 Å². The monoisotopic (exact) mass is 290 g/mol. The lowest BCUT2D eigenvalue weighted by molar-refractivity contribution is -0.126. The van der Waals surface area contributed by atoms with Crippen LogP contribution < -0.4 is 11.5 Å². The van der Waals surface area contributed by atoms with E-state index < -0.39 is 18.0 Å². The van der Waals surface area contributed by atoms with Crippen LogP contribution in [-0.2, 0) is 9.53 Å². The Morgan fingerprint density at radius 2 is 2.00 bits per heavy atom. The summed E-state index contributed by atoms with van der Waals surface area (Å²) in [7, 11) is 0. The van der Waals surface area contributed by atoms with Crippen molar-refractivity contribution in [2.45, 2.75) is 19.4 Å². The summed E-state index contributed by atoms with van der Waals surface area (Å²) < 4.78 is 4.93. The zero-order valence-corrected chi connectivity index (χ0v) is 11.1. The highest BCUT2D eigenvalue weighted by molar-refractivity contribution is 6.43. The molecule has 1 aromatic rings. The van der Waals surface area contributed by atoms with E-state index in [2.05, 4.69) is 0 Å². The van der Waals surface area contributed by atoms with Crippen LogP contribution in [0.3, 0.4) is 0 Å². The number of anilines is 1. The van der Waals surface area contributed by atoms with Crippen molar-refractivity contribution in [1.29, 1.82) is 0 Å². The van der Waals surface area contributed by atoms with Crippen molar-refractivity contribution in [1.82, 2.24) is 0 Å². The molecule has 0 fully saturated rings. The van der Waals surface area contributed by atoms with Gasteiger partial charge in [0.2, 0.25) is 0 Å². The summed E-state index contributed by atoms with van der Waals surface area (Å²) in [5.74, 6) is -1.44. The standard InChI is InChI=1S/C11H12Cl2N2O3/c1-2-8(10(15)16)18-11(17)5-3-6(12)9(13)7(14)4-5/h3-4,8H,2,14H2,1H3,(H2,15,16). The average molecular weight is 291 g/mol. The zero-order valence-electron chi connectivity index (χ0n) is 9.57. The smallest absolute Gasteiger partial charge is 0.339 e. The predicted molar refractivity (Wildman–Crippen MR) is 69.6 cm³/mol. The fourth-order valence-electron chi connectivity index (χ4n) is 1.27. The number of esters is 1. The third-order valence-corrected chi connectivity index (χ3v) is 3.05. The normalized spacial score (nSPS) is 11.9. The first-order chi connectivity index (χ1) is 8.36. The van der Waals surface area contributed by atoms with Crippen LogP contribution in [0.5, 0.6) is 0 Å². The number of rotatable bonds is 4. The van der Waals surface area contributed by atoms with Gasteiger partial charge in [-0.3, -0.25) is 4.79 Å². The quantitative estimate of drug-likeness (QED) is 0.655. The maximum Gasteiger partial charge on any atom is 0.339 e. The molecule has 18 heavy (non-hydrogen) atoms. The second-order valence-electron chi connectivity index (χ2n) is 3.57. The molecule has 1 amide bonds. The number of benzene rings is 1. The molecule has 0 aliphatic rings. The largest absolute Gasteiger partial charge is 0.449 e. The highest BCUT2D eigenvalue weighted by atomic mass is 35.5. The minimum absolute atomic E-state index is 0.113. The van der Waals surface area contributed by atoms with E-state index in [-0.39, 0.29) is 27.7 Å². The molecule has 1 atom stereocenters. The molecule has 0 heterocycles. The fourth-order valence-corrected chi connectivity index (χ4v) is 1.60. The van der Waals surface area contributed by atoms with Crippen LogP contribution in [0.2, 0.25) is 10.0 Å². The van der Waals surface area contributed by atoms with Crippen LogP contribution in [-0.4, -0.2) is 18.0 Å². The van der Waals surface area contributed by atoms with Gasteiger partial charge in [0, 0.05) is 0 Å². The van der Waals surface area contributed by atoms with Gasteiger partial charge in [0.05, 0.1) is 21.3 Å². The molecule has 0 saturated heterocycles. The van der Waals surface area contributed by atoms with E-state index in [0.717, 1.165) is 0 Å². The molecular formula is C11H12Cl2N2O3. The first-order valence-corrected chi connectivity index (χ1v) is 5.87. The van der Waals surface area contributed by atoms with E-state index in [9.17, 15) is 9.59 Å². The second kappa shape index (κ2) is 5.93. The number of nitrogens with two attached hydrogens (primary N) is 2. The third kappa shape index (κ3) is 3.27. The van der Waals surface area contributed by atoms with Gasteiger partial charge in [0.15, 0.2) is 6.10 Å². The number of primary amides is 1. The van der Waals surface area contributed by atoms with Crippen LogP contribution in [0.15, 0.2) is 12.1 Å². The van der Waals surface area contributed by atoms with Crippen molar-refractivity contribution < 1.29 is 14.3 Å². The lowest BCUT2D eigenvalue weighted by Gasteiger charge is -2.13. The van der Waals surface area contributed by atoms with E-state index in [1.54, 1.807) is 6.92 Å². The maximum absolute atomic E-state index is 11.7. The molecule has 5 nitrogen and oxygen atoms in total. The van der Waals surface area contributed by atoms with Gasteiger partial charge in [-0.15, -0.1) is 0 Å². The molecule has 1 unspecified atom stereocenters. The highest BCUT2D eigenvalue weighted by Crippen LogP contribution is 2.29. The van der Waals surface area contributed by atoms with Crippen molar-refractivity contribution >= 4 is 40.8 Å². The maximum atomic E-state index is 11.7. The van der Waals surface area contributed by atoms with Gasteiger partial charge >= 0.3 is 5.97 Å². The first-order valence-electron chi connectivity index (χ1n) is 5.11. The van der Waals surface area contributed by atoms with Crippen LogP contribution in [0.1, 0.15) is 23.7 Å². The van der Waals surface area contributed by atoms with Gasteiger partial charge in [-0.25, -0.2) is 4.79 Å². The molecule has 0 aromatic heterocycles. The third-order valence-electron chi connectivity index (χ3n) is 2.23. The molecule has 7 heteroatoms. The van der Waals surface area contributed by atoms with Crippen molar-refractivity contribution in [2.24, 2.45) is 5.73 Å². The Morgan fingerprint density at radius 3 is 2.44 bits per heavy atom. The van der Waals surface area contributed by atoms with E-state index in [0.29, 0.717) is 0 Å². The SMILES string of the molecule is CCC(OC(=O)c1cc(N)c(Cl)c(Cl)c1)C(N)=O. The first kappa shape index (κ1) is 14.6. The number of hydrogen-bond acceptors (Lipinski definition) is 4. The number of hydrogen-bond donors (Lipinski definition) is 2.